The molecule has 0 aliphatic heterocycles. The zero-order valence-corrected chi connectivity index (χ0v) is 35.6. The molecule has 0 aromatic heterocycles. The van der Waals surface area contributed by atoms with E-state index >= 15 is 0 Å². The minimum absolute atomic E-state index is 0.0340. The second-order valence-corrected chi connectivity index (χ2v) is 16.7. The van der Waals surface area contributed by atoms with Crippen molar-refractivity contribution in [1.29, 1.82) is 0 Å². The maximum atomic E-state index is 12.6. The lowest BCUT2D eigenvalue weighted by molar-refractivity contribution is -0.870. The third-order valence-electron chi connectivity index (χ3n) is 8.92. The average Bonchev–Trinajstić information content (AvgIpc) is 3.10. The Morgan fingerprint density at radius 1 is 0.604 bits per heavy atom. The molecule has 0 aromatic rings. The monoisotopic (exact) mass is 770 g/mol. The smallest absolute Gasteiger partial charge is 0.306 e. The zero-order chi connectivity index (χ0) is 39.3. The molecule has 0 fully saturated rings. The van der Waals surface area contributed by atoms with Gasteiger partial charge in [-0.1, -0.05) is 153 Å². The van der Waals surface area contributed by atoms with Crippen molar-refractivity contribution in [3.63, 3.8) is 0 Å². The van der Waals surface area contributed by atoms with Gasteiger partial charge in [0.2, 0.25) is 0 Å². The van der Waals surface area contributed by atoms with Crippen molar-refractivity contribution in [2.75, 3.05) is 47.5 Å². The molecular weight excluding hydrogens is 689 g/mol. The Morgan fingerprint density at radius 3 is 1.60 bits per heavy atom. The van der Waals surface area contributed by atoms with Gasteiger partial charge in [0, 0.05) is 12.8 Å². The van der Waals surface area contributed by atoms with Gasteiger partial charge < -0.3 is 27.9 Å². The van der Waals surface area contributed by atoms with Gasteiger partial charge in [0.25, 0.3) is 7.82 Å². The van der Waals surface area contributed by atoms with Crippen LogP contribution in [0.15, 0.2) is 36.5 Å². The molecule has 0 saturated heterocycles. The first-order valence-corrected chi connectivity index (χ1v) is 22.7. The number of allylic oxidation sites excluding steroid dienone is 6. The number of rotatable bonds is 38. The number of hydrogen-bond donors (Lipinski definition) is 0. The summed E-state index contributed by atoms with van der Waals surface area (Å²) in [5, 5.41) is 0. The van der Waals surface area contributed by atoms with E-state index in [9.17, 15) is 19.0 Å². The fourth-order valence-corrected chi connectivity index (χ4v) is 6.34. The van der Waals surface area contributed by atoms with Crippen molar-refractivity contribution in [3.05, 3.63) is 36.5 Å². The van der Waals surface area contributed by atoms with Gasteiger partial charge in [0.05, 0.1) is 27.7 Å². The van der Waals surface area contributed by atoms with E-state index in [2.05, 4.69) is 50.3 Å². The summed E-state index contributed by atoms with van der Waals surface area (Å²) >= 11 is 0. The molecule has 0 radical (unpaired) electrons. The lowest BCUT2D eigenvalue weighted by Gasteiger charge is -2.28. The molecule has 10 heteroatoms. The van der Waals surface area contributed by atoms with E-state index in [4.69, 9.17) is 18.5 Å². The molecule has 0 aliphatic rings. The number of phosphoric ester groups is 1. The number of likely N-dealkylation sites (N-methyl/N-ethyl adjacent to an activating group) is 1. The number of phosphoric acid groups is 1. The first-order chi connectivity index (χ1) is 25.5. The first kappa shape index (κ1) is 51.2. The van der Waals surface area contributed by atoms with Crippen molar-refractivity contribution >= 4 is 19.8 Å². The van der Waals surface area contributed by atoms with Crippen LogP contribution in [-0.4, -0.2) is 70.0 Å². The van der Waals surface area contributed by atoms with Crippen LogP contribution in [0.5, 0.6) is 0 Å². The molecule has 0 bridgehead atoms. The zero-order valence-electron chi connectivity index (χ0n) is 34.7. The quantitative estimate of drug-likeness (QED) is 0.0201. The number of carbonyl (C=O) groups excluding carboxylic acids is 2. The van der Waals surface area contributed by atoms with Gasteiger partial charge in [-0.3, -0.25) is 14.2 Å². The Bertz CT molecular complexity index is 1010. The molecular formula is C43H80NO8P. The van der Waals surface area contributed by atoms with E-state index in [1.54, 1.807) is 0 Å². The lowest BCUT2D eigenvalue weighted by Crippen LogP contribution is -2.37. The van der Waals surface area contributed by atoms with Crippen molar-refractivity contribution < 1.29 is 42.1 Å². The minimum atomic E-state index is -4.62. The molecule has 2 atom stereocenters. The van der Waals surface area contributed by atoms with Crippen LogP contribution < -0.4 is 4.89 Å². The second-order valence-electron chi connectivity index (χ2n) is 15.3. The summed E-state index contributed by atoms with van der Waals surface area (Å²) in [5.74, 6) is -0.852. The van der Waals surface area contributed by atoms with E-state index < -0.39 is 26.5 Å². The SMILES string of the molecule is CC/C=C/C/C=C/C/C=C/CCCCCCCC(=O)O[C@H](COC(=O)CCCCCCCCCCCCCCCC)COP(=O)([O-])OCC[N+](C)(C)C. The Hall–Kier alpha value is -1.77. The van der Waals surface area contributed by atoms with E-state index in [1.165, 1.54) is 70.6 Å². The summed E-state index contributed by atoms with van der Waals surface area (Å²) in [6.45, 7) is 4.09. The first-order valence-electron chi connectivity index (χ1n) is 21.2. The van der Waals surface area contributed by atoms with Crippen LogP contribution in [0.2, 0.25) is 0 Å². The molecule has 0 aliphatic carbocycles. The van der Waals surface area contributed by atoms with Gasteiger partial charge in [-0.15, -0.1) is 0 Å². The van der Waals surface area contributed by atoms with Crippen LogP contribution in [-0.2, 0) is 32.7 Å². The maximum absolute atomic E-state index is 12.6. The third kappa shape index (κ3) is 39.7. The normalized spacial score (nSPS) is 14.0. The number of unbranched alkanes of at least 4 members (excludes halogenated alkanes) is 18. The van der Waals surface area contributed by atoms with Gasteiger partial charge in [-0.05, 0) is 44.9 Å². The molecule has 0 N–H and O–H groups in total. The van der Waals surface area contributed by atoms with E-state index in [-0.39, 0.29) is 32.0 Å². The van der Waals surface area contributed by atoms with Gasteiger partial charge in [-0.25, -0.2) is 0 Å². The van der Waals surface area contributed by atoms with Gasteiger partial charge in [0.15, 0.2) is 6.10 Å². The number of esters is 2. The molecule has 0 heterocycles. The Kier molecular flexibility index (Phi) is 34.7. The molecule has 0 spiro atoms. The predicted octanol–water partition coefficient (Wildman–Crippen LogP) is 11.1. The fourth-order valence-electron chi connectivity index (χ4n) is 5.61. The average molecular weight is 770 g/mol. The van der Waals surface area contributed by atoms with E-state index in [1.807, 2.05) is 21.1 Å². The molecule has 310 valence electrons. The topological polar surface area (TPSA) is 111 Å². The number of hydrogen-bond acceptors (Lipinski definition) is 8. The molecule has 1 unspecified atom stereocenters. The number of carbonyl (C=O) groups is 2. The summed E-state index contributed by atoms with van der Waals surface area (Å²) in [7, 11) is 1.15. The largest absolute Gasteiger partial charge is 0.756 e. The van der Waals surface area contributed by atoms with E-state index in [0.717, 1.165) is 70.6 Å². The van der Waals surface area contributed by atoms with Crippen molar-refractivity contribution in [3.8, 4) is 0 Å². The summed E-state index contributed by atoms with van der Waals surface area (Å²) in [6, 6.07) is 0. The Balaban J connectivity index is 4.40. The van der Waals surface area contributed by atoms with Crippen LogP contribution in [0.3, 0.4) is 0 Å². The highest BCUT2D eigenvalue weighted by Crippen LogP contribution is 2.38. The molecule has 0 aromatic carbocycles. The second kappa shape index (κ2) is 35.9. The fraction of sp³-hybridized carbons (Fsp3) is 0.814. The van der Waals surface area contributed by atoms with E-state index in [0.29, 0.717) is 17.4 Å². The molecule has 0 rings (SSSR count). The highest BCUT2D eigenvalue weighted by atomic mass is 31.2. The van der Waals surface area contributed by atoms with Crippen molar-refractivity contribution in [2.24, 2.45) is 0 Å². The predicted molar refractivity (Wildman–Crippen MR) is 217 cm³/mol. The van der Waals surface area contributed by atoms with Gasteiger partial charge >= 0.3 is 11.9 Å². The highest BCUT2D eigenvalue weighted by Gasteiger charge is 2.21. The van der Waals surface area contributed by atoms with Gasteiger partial charge in [-0.2, -0.15) is 0 Å². The highest BCUT2D eigenvalue weighted by molar-refractivity contribution is 7.45. The minimum Gasteiger partial charge on any atom is -0.756 e. The Morgan fingerprint density at radius 2 is 1.08 bits per heavy atom. The molecule has 0 saturated carbocycles. The number of quaternary nitrogens is 1. The number of nitrogens with zero attached hydrogens (tertiary/aromatic N) is 1. The van der Waals surface area contributed by atoms with Crippen LogP contribution in [0.1, 0.15) is 174 Å². The summed E-state index contributed by atoms with van der Waals surface area (Å²) in [4.78, 5) is 37.5. The summed E-state index contributed by atoms with van der Waals surface area (Å²) < 4.78 is 33.8. The molecule has 53 heavy (non-hydrogen) atoms. The standard InChI is InChI=1S/C43H80NO8P/c1-6-8-10-12-14-16-18-20-22-24-26-28-30-32-34-36-43(46)52-41(40-51-53(47,48)50-38-37-44(3,4)5)39-49-42(45)35-33-31-29-27-25-23-21-19-17-15-13-11-9-7-2/h8,10,14,16,20,22,41H,6-7,9,11-13,15,17-19,21,23-40H2,1-5H3/b10-8+,16-14+,22-20+/t41-/m1/s1. The lowest BCUT2D eigenvalue weighted by atomic mass is 10.0. The van der Waals surface area contributed by atoms with Crippen LogP contribution in [0.25, 0.3) is 0 Å². The third-order valence-corrected chi connectivity index (χ3v) is 9.89. The maximum Gasteiger partial charge on any atom is 0.306 e. The van der Waals surface area contributed by atoms with Crippen molar-refractivity contribution in [2.45, 2.75) is 180 Å². The van der Waals surface area contributed by atoms with Crippen LogP contribution in [0, 0.1) is 0 Å². The molecule has 0 amide bonds. The molecule has 9 nitrogen and oxygen atoms in total. The summed E-state index contributed by atoms with van der Waals surface area (Å²) in [6.07, 6.45) is 38.8. The Labute approximate surface area is 325 Å². The van der Waals surface area contributed by atoms with Gasteiger partial charge in [0.1, 0.15) is 19.8 Å². The van der Waals surface area contributed by atoms with Crippen molar-refractivity contribution in [1.82, 2.24) is 0 Å². The number of ether oxygens (including phenoxy) is 2. The summed E-state index contributed by atoms with van der Waals surface area (Å²) in [5.41, 5.74) is 0. The van der Waals surface area contributed by atoms with Crippen LogP contribution in [0.4, 0.5) is 0 Å². The van der Waals surface area contributed by atoms with Crippen LogP contribution >= 0.6 is 7.82 Å².